The van der Waals surface area contributed by atoms with Gasteiger partial charge in [-0.25, -0.2) is 5.01 Å². The number of nitrogens with one attached hydrogen (secondary N) is 3. The maximum atomic E-state index is 12.7. The molecule has 3 rings (SSSR count). The number of hydrogen-bond donors (Lipinski definition) is 3. The van der Waals surface area contributed by atoms with Crippen LogP contribution in [-0.4, -0.2) is 48.2 Å². The smallest absolute Gasteiger partial charge is 0.225 e. The Morgan fingerprint density at radius 1 is 1.29 bits per heavy atom. The fourth-order valence-electron chi connectivity index (χ4n) is 4.36. The Morgan fingerprint density at radius 3 is 2.90 bits per heavy atom. The van der Waals surface area contributed by atoms with Gasteiger partial charge in [-0.3, -0.25) is 10.2 Å². The third-order valence-electron chi connectivity index (χ3n) is 5.60. The minimum absolute atomic E-state index is 0.157. The highest BCUT2D eigenvalue weighted by Gasteiger charge is 2.40. The van der Waals surface area contributed by atoms with Crippen LogP contribution in [0.25, 0.3) is 0 Å². The summed E-state index contributed by atoms with van der Waals surface area (Å²) in [5, 5.41) is 9.34. The zero-order valence-corrected chi connectivity index (χ0v) is 13.4. The van der Waals surface area contributed by atoms with Crippen LogP contribution in [0.3, 0.4) is 0 Å². The van der Waals surface area contributed by atoms with Gasteiger partial charge in [0.15, 0.2) is 0 Å². The maximum absolute atomic E-state index is 12.7. The number of carbonyl (C=O) groups excluding carboxylic acids is 1. The highest BCUT2D eigenvalue weighted by molar-refractivity contribution is 5.80. The summed E-state index contributed by atoms with van der Waals surface area (Å²) in [5.74, 6) is 0.439. The molecule has 0 radical (unpaired) electrons. The van der Waals surface area contributed by atoms with E-state index in [1.165, 1.54) is 6.42 Å². The summed E-state index contributed by atoms with van der Waals surface area (Å²) in [6.45, 7) is 6.56. The van der Waals surface area contributed by atoms with Crippen LogP contribution in [0.4, 0.5) is 0 Å². The molecule has 0 saturated carbocycles. The van der Waals surface area contributed by atoms with E-state index in [1.807, 2.05) is 0 Å². The molecular weight excluding hydrogens is 264 g/mol. The van der Waals surface area contributed by atoms with Crippen molar-refractivity contribution in [1.29, 1.82) is 0 Å². The average Bonchev–Trinajstić information content (AvgIpc) is 3.13. The van der Waals surface area contributed by atoms with Crippen molar-refractivity contribution in [1.82, 2.24) is 21.1 Å². The maximum Gasteiger partial charge on any atom is 0.225 e. The number of amides is 1. The molecule has 3 aliphatic heterocycles. The van der Waals surface area contributed by atoms with Crippen molar-refractivity contribution in [2.75, 3.05) is 13.1 Å². The Kier molecular flexibility index (Phi) is 4.82. The second-order valence-electron chi connectivity index (χ2n) is 6.84. The normalized spacial score (nSPS) is 40.2. The first-order valence-electron chi connectivity index (χ1n) is 8.79. The van der Waals surface area contributed by atoms with Gasteiger partial charge in [0, 0.05) is 37.3 Å². The zero-order valence-electron chi connectivity index (χ0n) is 13.4. The molecule has 0 aliphatic carbocycles. The van der Waals surface area contributed by atoms with Gasteiger partial charge in [-0.2, -0.15) is 0 Å². The lowest BCUT2D eigenvalue weighted by Gasteiger charge is -2.37. The predicted octanol–water partition coefficient (Wildman–Crippen LogP) is 1.01. The molecule has 5 atom stereocenters. The third kappa shape index (κ3) is 3.10. The summed E-state index contributed by atoms with van der Waals surface area (Å²) in [7, 11) is 0. The minimum Gasteiger partial charge on any atom is -0.351 e. The third-order valence-corrected chi connectivity index (χ3v) is 5.60. The highest BCUT2D eigenvalue weighted by Crippen LogP contribution is 2.27. The second-order valence-corrected chi connectivity index (χ2v) is 6.84. The molecular formula is C16H30N4O. The average molecular weight is 294 g/mol. The van der Waals surface area contributed by atoms with Crippen molar-refractivity contribution in [2.24, 2.45) is 5.92 Å². The first-order valence-corrected chi connectivity index (χ1v) is 8.79. The fraction of sp³-hybridized carbons (Fsp3) is 0.938. The van der Waals surface area contributed by atoms with Crippen molar-refractivity contribution in [2.45, 2.75) is 76.5 Å². The van der Waals surface area contributed by atoms with Crippen molar-refractivity contribution in [3.05, 3.63) is 0 Å². The van der Waals surface area contributed by atoms with Gasteiger partial charge in [0.2, 0.25) is 5.91 Å². The number of piperidine rings is 1. The van der Waals surface area contributed by atoms with Crippen molar-refractivity contribution in [3.8, 4) is 0 Å². The van der Waals surface area contributed by atoms with Gasteiger partial charge in [-0.15, -0.1) is 0 Å². The van der Waals surface area contributed by atoms with Gasteiger partial charge in [0.05, 0.1) is 5.92 Å². The van der Waals surface area contributed by atoms with Crippen LogP contribution in [0, 0.1) is 5.92 Å². The summed E-state index contributed by atoms with van der Waals surface area (Å²) in [5.41, 5.74) is 3.44. The van der Waals surface area contributed by atoms with E-state index < -0.39 is 0 Å². The molecule has 4 unspecified atom stereocenters. The molecule has 120 valence electrons. The van der Waals surface area contributed by atoms with Gasteiger partial charge in [-0.05, 0) is 38.5 Å². The van der Waals surface area contributed by atoms with Crippen LogP contribution in [-0.2, 0) is 4.79 Å². The Balaban J connectivity index is 1.60. The minimum atomic E-state index is 0.157. The van der Waals surface area contributed by atoms with Crippen LogP contribution < -0.4 is 16.1 Å². The van der Waals surface area contributed by atoms with E-state index in [9.17, 15) is 4.79 Å². The van der Waals surface area contributed by atoms with E-state index in [-0.39, 0.29) is 11.8 Å². The first kappa shape index (κ1) is 15.3. The monoisotopic (exact) mass is 294 g/mol. The van der Waals surface area contributed by atoms with E-state index in [4.69, 9.17) is 0 Å². The molecule has 3 heterocycles. The first-order chi connectivity index (χ1) is 10.2. The van der Waals surface area contributed by atoms with Gasteiger partial charge in [0.25, 0.3) is 0 Å². The van der Waals surface area contributed by atoms with E-state index in [0.29, 0.717) is 24.2 Å². The summed E-state index contributed by atoms with van der Waals surface area (Å²) < 4.78 is 0. The summed E-state index contributed by atoms with van der Waals surface area (Å²) >= 11 is 0. The zero-order chi connectivity index (χ0) is 14.8. The molecule has 0 aromatic carbocycles. The number of carbonyl (C=O) groups is 1. The lowest BCUT2D eigenvalue weighted by Crippen LogP contribution is -2.56. The van der Waals surface area contributed by atoms with E-state index >= 15 is 0 Å². The highest BCUT2D eigenvalue weighted by atomic mass is 16.2. The Bertz CT molecular complexity index is 375. The Hall–Kier alpha value is -0.650. The predicted molar refractivity (Wildman–Crippen MR) is 83.7 cm³/mol. The van der Waals surface area contributed by atoms with Crippen molar-refractivity contribution in [3.63, 3.8) is 0 Å². The van der Waals surface area contributed by atoms with Gasteiger partial charge >= 0.3 is 0 Å². The molecule has 1 amide bonds. The van der Waals surface area contributed by atoms with Crippen LogP contribution in [0.1, 0.15) is 52.4 Å². The summed E-state index contributed by atoms with van der Waals surface area (Å²) in [4.78, 5) is 12.7. The van der Waals surface area contributed by atoms with Crippen LogP contribution in [0.2, 0.25) is 0 Å². The molecule has 21 heavy (non-hydrogen) atoms. The lowest BCUT2D eigenvalue weighted by atomic mass is 9.92. The van der Waals surface area contributed by atoms with Crippen LogP contribution >= 0.6 is 0 Å². The summed E-state index contributed by atoms with van der Waals surface area (Å²) in [6.07, 6.45) is 6.61. The van der Waals surface area contributed by atoms with Crippen molar-refractivity contribution < 1.29 is 4.79 Å². The van der Waals surface area contributed by atoms with Gasteiger partial charge < -0.3 is 10.6 Å². The summed E-state index contributed by atoms with van der Waals surface area (Å²) in [6, 6.07) is 1.71. The number of hydrazine groups is 1. The number of hydrogen-bond acceptors (Lipinski definition) is 4. The standard InChI is InChI=1S/C16H30N4O/c1-3-11-10-12(13(4-2)18-11)16(21)19-14-6-5-9-20-15(14)7-8-17-20/h11-15,17-18H,3-10H2,1-2H3,(H,19,21)/t11?,12?,13?,14-,15?/m0/s1. The molecule has 3 fully saturated rings. The quantitative estimate of drug-likeness (QED) is 0.724. The molecule has 5 heteroatoms. The van der Waals surface area contributed by atoms with Gasteiger partial charge in [0.1, 0.15) is 0 Å². The van der Waals surface area contributed by atoms with Crippen LogP contribution in [0.5, 0.6) is 0 Å². The Labute approximate surface area is 128 Å². The van der Waals surface area contributed by atoms with Crippen LogP contribution in [0.15, 0.2) is 0 Å². The van der Waals surface area contributed by atoms with E-state index in [0.717, 1.165) is 45.2 Å². The molecule has 3 aliphatic rings. The number of nitrogens with zero attached hydrogens (tertiary/aromatic N) is 1. The molecule has 3 N–H and O–H groups in total. The SMILES string of the molecule is CCC1CC(C(=O)N[C@H]2CCCN3NCCC23)C(CC)N1. The van der Waals surface area contributed by atoms with E-state index in [2.05, 4.69) is 34.9 Å². The molecule has 5 nitrogen and oxygen atoms in total. The molecule has 0 aromatic rings. The molecule has 3 saturated heterocycles. The molecule has 0 bridgehead atoms. The lowest BCUT2D eigenvalue weighted by molar-refractivity contribution is -0.126. The second kappa shape index (κ2) is 6.63. The van der Waals surface area contributed by atoms with Crippen molar-refractivity contribution >= 4 is 5.91 Å². The molecule has 0 spiro atoms. The number of fused-ring (bicyclic) bond motifs is 1. The topological polar surface area (TPSA) is 56.4 Å². The largest absolute Gasteiger partial charge is 0.351 e. The van der Waals surface area contributed by atoms with Gasteiger partial charge in [-0.1, -0.05) is 13.8 Å². The van der Waals surface area contributed by atoms with E-state index in [1.54, 1.807) is 0 Å². The Morgan fingerprint density at radius 2 is 2.14 bits per heavy atom. The fourth-order valence-corrected chi connectivity index (χ4v) is 4.36. The number of rotatable bonds is 4. The molecule has 0 aromatic heterocycles.